The topological polar surface area (TPSA) is 81.0 Å². The molecule has 8 heteroatoms. The molecule has 7 nitrogen and oxygen atoms in total. The zero-order valence-corrected chi connectivity index (χ0v) is 14.9. The van der Waals surface area contributed by atoms with E-state index in [9.17, 15) is 8.42 Å². The van der Waals surface area contributed by atoms with Gasteiger partial charge in [-0.2, -0.15) is 5.10 Å². The summed E-state index contributed by atoms with van der Waals surface area (Å²) < 4.78 is 26.7. The van der Waals surface area contributed by atoms with Crippen LogP contribution in [0.4, 0.5) is 0 Å². The molecule has 130 valence electrons. The van der Waals surface area contributed by atoms with E-state index in [0.717, 1.165) is 42.9 Å². The molecule has 2 aromatic rings. The summed E-state index contributed by atoms with van der Waals surface area (Å²) in [7, 11) is -3.10. The summed E-state index contributed by atoms with van der Waals surface area (Å²) in [5.74, 6) is 0.296. The van der Waals surface area contributed by atoms with Crippen molar-refractivity contribution in [2.45, 2.75) is 32.7 Å². The second-order valence-electron chi connectivity index (χ2n) is 6.32. The minimum atomic E-state index is -3.10. The first-order chi connectivity index (χ1) is 11.5. The molecule has 3 heterocycles. The fraction of sp³-hybridized carbons (Fsp3) is 0.562. The van der Waals surface area contributed by atoms with Crippen LogP contribution in [0.1, 0.15) is 25.5 Å². The molecular weight excluding hydrogens is 326 g/mol. The van der Waals surface area contributed by atoms with E-state index in [4.69, 9.17) is 4.98 Å². The molecule has 0 amide bonds. The molecule has 24 heavy (non-hydrogen) atoms. The number of nitrogens with zero attached hydrogens (tertiary/aromatic N) is 5. The molecule has 3 rings (SSSR count). The van der Waals surface area contributed by atoms with Gasteiger partial charge in [0.1, 0.15) is 5.69 Å². The van der Waals surface area contributed by atoms with Gasteiger partial charge in [0.2, 0.25) is 10.0 Å². The van der Waals surface area contributed by atoms with Crippen molar-refractivity contribution in [2.75, 3.05) is 19.3 Å². The highest BCUT2D eigenvalue weighted by atomic mass is 32.2. The van der Waals surface area contributed by atoms with Crippen LogP contribution in [0.15, 0.2) is 24.7 Å². The Balaban J connectivity index is 1.73. The molecule has 0 aromatic carbocycles. The summed E-state index contributed by atoms with van der Waals surface area (Å²) in [4.78, 5) is 9.03. The van der Waals surface area contributed by atoms with Crippen molar-refractivity contribution in [1.82, 2.24) is 24.1 Å². The average molecular weight is 349 g/mol. The van der Waals surface area contributed by atoms with Gasteiger partial charge in [0, 0.05) is 32.0 Å². The van der Waals surface area contributed by atoms with Gasteiger partial charge in [-0.3, -0.25) is 9.67 Å². The van der Waals surface area contributed by atoms with Crippen LogP contribution in [-0.2, 0) is 23.0 Å². The van der Waals surface area contributed by atoms with Crippen molar-refractivity contribution in [1.29, 1.82) is 0 Å². The van der Waals surface area contributed by atoms with Crippen molar-refractivity contribution in [3.05, 3.63) is 30.4 Å². The summed E-state index contributed by atoms with van der Waals surface area (Å²) in [5, 5.41) is 4.33. The van der Waals surface area contributed by atoms with Crippen LogP contribution in [-0.4, -0.2) is 51.8 Å². The van der Waals surface area contributed by atoms with Crippen molar-refractivity contribution < 1.29 is 8.42 Å². The zero-order chi connectivity index (χ0) is 17.2. The summed E-state index contributed by atoms with van der Waals surface area (Å²) in [6.07, 6.45) is 9.19. The highest BCUT2D eigenvalue weighted by Crippen LogP contribution is 2.23. The molecule has 1 aliphatic heterocycles. The van der Waals surface area contributed by atoms with Gasteiger partial charge in [-0.15, -0.1) is 0 Å². The minimum Gasteiger partial charge on any atom is -0.263 e. The van der Waals surface area contributed by atoms with Crippen molar-refractivity contribution in [3.8, 4) is 11.4 Å². The lowest BCUT2D eigenvalue weighted by Gasteiger charge is -2.13. The van der Waals surface area contributed by atoms with Gasteiger partial charge < -0.3 is 0 Å². The van der Waals surface area contributed by atoms with Gasteiger partial charge in [-0.05, 0) is 31.2 Å². The maximum Gasteiger partial charge on any atom is 0.211 e. The normalized spacial score (nSPS) is 19.0. The monoisotopic (exact) mass is 349 g/mol. The Morgan fingerprint density at radius 2 is 2.17 bits per heavy atom. The predicted molar refractivity (Wildman–Crippen MR) is 91.8 cm³/mol. The fourth-order valence-corrected chi connectivity index (χ4v) is 4.05. The summed E-state index contributed by atoms with van der Waals surface area (Å²) >= 11 is 0. The van der Waals surface area contributed by atoms with Gasteiger partial charge in [0.05, 0.1) is 23.8 Å². The lowest BCUT2D eigenvalue weighted by molar-refractivity contribution is 0.459. The first-order valence-corrected chi connectivity index (χ1v) is 10.1. The molecule has 0 bridgehead atoms. The second-order valence-corrected chi connectivity index (χ2v) is 8.30. The van der Waals surface area contributed by atoms with Gasteiger partial charge in [-0.25, -0.2) is 17.7 Å². The number of hydrogen-bond donors (Lipinski definition) is 0. The Morgan fingerprint density at radius 1 is 1.33 bits per heavy atom. The van der Waals surface area contributed by atoms with Crippen molar-refractivity contribution >= 4 is 10.0 Å². The molecule has 0 unspecified atom stereocenters. The Hall–Kier alpha value is -1.80. The Labute approximate surface area is 142 Å². The van der Waals surface area contributed by atoms with Crippen LogP contribution >= 0.6 is 0 Å². The van der Waals surface area contributed by atoms with Crippen LogP contribution < -0.4 is 0 Å². The molecule has 1 fully saturated rings. The molecular formula is C16H23N5O2S. The largest absolute Gasteiger partial charge is 0.263 e. The van der Waals surface area contributed by atoms with Crippen LogP contribution in [0.5, 0.6) is 0 Å². The molecule has 0 aliphatic carbocycles. The van der Waals surface area contributed by atoms with E-state index >= 15 is 0 Å². The van der Waals surface area contributed by atoms with Gasteiger partial charge in [-0.1, -0.05) is 6.92 Å². The van der Waals surface area contributed by atoms with Crippen molar-refractivity contribution in [3.63, 3.8) is 0 Å². The van der Waals surface area contributed by atoms with E-state index in [2.05, 4.69) is 17.0 Å². The molecule has 0 N–H and O–H groups in total. The molecule has 1 atom stereocenters. The third-order valence-corrected chi connectivity index (χ3v) is 5.58. The summed E-state index contributed by atoms with van der Waals surface area (Å²) in [6.45, 7) is 4.12. The Kier molecular flexibility index (Phi) is 4.96. The highest BCUT2D eigenvalue weighted by molar-refractivity contribution is 7.88. The van der Waals surface area contributed by atoms with E-state index in [1.165, 1.54) is 6.26 Å². The molecule has 0 spiro atoms. The third-order valence-electron chi connectivity index (χ3n) is 4.31. The molecule has 0 saturated carbocycles. The maximum atomic E-state index is 11.6. The van der Waals surface area contributed by atoms with Crippen LogP contribution in [0.25, 0.3) is 11.4 Å². The fourth-order valence-electron chi connectivity index (χ4n) is 3.13. The minimum absolute atomic E-state index is 0.296. The molecule has 0 radical (unpaired) electrons. The standard InChI is InChI=1S/C16H23N5O2S/c1-3-7-21-16(4-6-18-21)15-11-17-10-14(19-15)9-13-5-8-20(12-13)24(2,22)23/h4,6,10-11,13H,3,5,7-9,12H2,1-2H3/t13-/m1/s1. The quantitative estimate of drug-likeness (QED) is 0.791. The maximum absolute atomic E-state index is 11.6. The number of aromatic nitrogens is 4. The molecule has 2 aromatic heterocycles. The van der Waals surface area contributed by atoms with Gasteiger partial charge in [0.25, 0.3) is 0 Å². The summed E-state index contributed by atoms with van der Waals surface area (Å²) in [5.41, 5.74) is 2.68. The van der Waals surface area contributed by atoms with E-state index in [0.29, 0.717) is 19.0 Å². The second kappa shape index (κ2) is 6.98. The first-order valence-electron chi connectivity index (χ1n) is 8.25. The van der Waals surface area contributed by atoms with Gasteiger partial charge in [0.15, 0.2) is 0 Å². The smallest absolute Gasteiger partial charge is 0.211 e. The van der Waals surface area contributed by atoms with Crippen LogP contribution in [0, 0.1) is 5.92 Å². The SMILES string of the molecule is CCCn1nccc1-c1cncc(C[C@H]2CCN(S(C)(=O)=O)C2)n1. The van der Waals surface area contributed by atoms with E-state index in [-0.39, 0.29) is 0 Å². The third kappa shape index (κ3) is 3.81. The molecule has 1 saturated heterocycles. The van der Waals surface area contributed by atoms with Crippen LogP contribution in [0.2, 0.25) is 0 Å². The zero-order valence-electron chi connectivity index (χ0n) is 14.1. The lowest BCUT2D eigenvalue weighted by Crippen LogP contribution is -2.27. The van der Waals surface area contributed by atoms with E-state index in [1.54, 1.807) is 22.9 Å². The van der Waals surface area contributed by atoms with Crippen molar-refractivity contribution in [2.24, 2.45) is 5.92 Å². The number of hydrogen-bond acceptors (Lipinski definition) is 5. The van der Waals surface area contributed by atoms with E-state index in [1.807, 2.05) is 10.7 Å². The molecule has 1 aliphatic rings. The Bertz CT molecular complexity index is 802. The van der Waals surface area contributed by atoms with Crippen LogP contribution in [0.3, 0.4) is 0 Å². The van der Waals surface area contributed by atoms with Gasteiger partial charge >= 0.3 is 0 Å². The predicted octanol–water partition coefficient (Wildman–Crippen LogP) is 1.57. The lowest BCUT2D eigenvalue weighted by atomic mass is 10.0. The summed E-state index contributed by atoms with van der Waals surface area (Å²) in [6, 6.07) is 1.95. The first kappa shape index (κ1) is 17.0. The number of aryl methyl sites for hydroxylation is 1. The number of rotatable bonds is 6. The number of sulfonamides is 1. The average Bonchev–Trinajstić information content (AvgIpc) is 3.17. The highest BCUT2D eigenvalue weighted by Gasteiger charge is 2.28. The Morgan fingerprint density at radius 3 is 2.88 bits per heavy atom. The van der Waals surface area contributed by atoms with E-state index < -0.39 is 10.0 Å².